The molecular weight excluding hydrogens is 318 g/mol. The summed E-state index contributed by atoms with van der Waals surface area (Å²) in [5.41, 5.74) is 1.85. The molecule has 0 saturated carbocycles. The van der Waals surface area contributed by atoms with Gasteiger partial charge in [-0.05, 0) is 23.8 Å². The zero-order valence-corrected chi connectivity index (χ0v) is 13.5. The van der Waals surface area contributed by atoms with Crippen LogP contribution in [-0.2, 0) is 6.54 Å². The first-order valence-electron chi connectivity index (χ1n) is 6.81. The predicted octanol–water partition coefficient (Wildman–Crippen LogP) is 3.64. The number of nitro benzene ring substituents is 1. The van der Waals surface area contributed by atoms with E-state index in [0.717, 1.165) is 17.3 Å². The molecule has 1 N–H and O–H groups in total. The number of nitrogens with zero attached hydrogens (tertiary/aromatic N) is 3. The van der Waals surface area contributed by atoms with E-state index in [0.29, 0.717) is 6.54 Å². The third-order valence-corrected chi connectivity index (χ3v) is 3.46. The molecule has 0 atom stereocenters. The van der Waals surface area contributed by atoms with Crippen molar-refractivity contribution < 1.29 is 10.0 Å². The Balaban J connectivity index is 2.16. The summed E-state index contributed by atoms with van der Waals surface area (Å²) in [6, 6.07) is 10.4. The lowest BCUT2D eigenvalue weighted by Crippen LogP contribution is -2.08. The van der Waals surface area contributed by atoms with Gasteiger partial charge in [-0.2, -0.15) is 0 Å². The Bertz CT molecular complexity index is 743. The van der Waals surface area contributed by atoms with E-state index in [1.54, 1.807) is 0 Å². The highest BCUT2D eigenvalue weighted by Gasteiger charge is 2.17. The summed E-state index contributed by atoms with van der Waals surface area (Å²) >= 11 is 5.83. The maximum atomic E-state index is 10.8. The number of hydrogen-bond donors (Lipinski definition) is 1. The molecule has 0 aromatic heterocycles. The first-order valence-corrected chi connectivity index (χ1v) is 7.19. The van der Waals surface area contributed by atoms with Gasteiger partial charge in [0.05, 0.1) is 11.5 Å². The zero-order chi connectivity index (χ0) is 17.0. The van der Waals surface area contributed by atoms with Gasteiger partial charge in [0.15, 0.2) is 0 Å². The molecule has 0 spiro atoms. The van der Waals surface area contributed by atoms with Crippen LogP contribution in [-0.4, -0.2) is 30.3 Å². The van der Waals surface area contributed by atoms with Gasteiger partial charge in [0.2, 0.25) is 5.75 Å². The minimum atomic E-state index is -0.682. The van der Waals surface area contributed by atoms with Crippen LogP contribution in [0.5, 0.6) is 5.75 Å². The molecule has 0 heterocycles. The Hall–Kier alpha value is -2.60. The number of nitro groups is 1. The maximum Gasteiger partial charge on any atom is 0.312 e. The average molecular weight is 334 g/mol. The summed E-state index contributed by atoms with van der Waals surface area (Å²) < 4.78 is 0. The summed E-state index contributed by atoms with van der Waals surface area (Å²) in [4.78, 5) is 16.4. The highest BCUT2D eigenvalue weighted by molar-refractivity contribution is 6.31. The fraction of sp³-hybridized carbons (Fsp3) is 0.188. The molecule has 0 unspecified atom stereocenters. The van der Waals surface area contributed by atoms with Crippen molar-refractivity contribution in [1.29, 1.82) is 0 Å². The van der Waals surface area contributed by atoms with Crippen molar-refractivity contribution in [3.05, 3.63) is 62.7 Å². The molecule has 7 heteroatoms. The largest absolute Gasteiger partial charge is 0.502 e. The highest BCUT2D eigenvalue weighted by Crippen LogP contribution is 2.32. The molecule has 0 fully saturated rings. The molecular formula is C16H16ClN3O3. The molecule has 6 nitrogen and oxygen atoms in total. The third-order valence-electron chi connectivity index (χ3n) is 3.24. The zero-order valence-electron chi connectivity index (χ0n) is 12.7. The van der Waals surface area contributed by atoms with Gasteiger partial charge in [-0.25, -0.2) is 0 Å². The summed E-state index contributed by atoms with van der Waals surface area (Å²) in [5, 5.41) is 20.9. The first-order chi connectivity index (χ1) is 10.9. The molecule has 2 rings (SSSR count). The van der Waals surface area contributed by atoms with Crippen molar-refractivity contribution >= 4 is 29.2 Å². The lowest BCUT2D eigenvalue weighted by Gasteiger charge is -2.12. The second-order valence-corrected chi connectivity index (χ2v) is 5.59. The fourth-order valence-electron chi connectivity index (χ4n) is 1.99. The van der Waals surface area contributed by atoms with Crippen molar-refractivity contribution in [3.8, 4) is 5.75 Å². The van der Waals surface area contributed by atoms with Crippen molar-refractivity contribution in [2.24, 2.45) is 4.99 Å². The highest BCUT2D eigenvalue weighted by atomic mass is 35.5. The lowest BCUT2D eigenvalue weighted by molar-refractivity contribution is -0.385. The van der Waals surface area contributed by atoms with Crippen molar-refractivity contribution in [2.45, 2.75) is 6.54 Å². The van der Waals surface area contributed by atoms with E-state index in [9.17, 15) is 15.2 Å². The van der Waals surface area contributed by atoms with Crippen LogP contribution in [0.1, 0.15) is 11.1 Å². The number of benzene rings is 2. The molecule has 0 aliphatic rings. The number of aliphatic imine (C=N–C) groups is 1. The van der Waals surface area contributed by atoms with Crippen LogP contribution >= 0.6 is 11.6 Å². The number of halogens is 1. The Labute approximate surface area is 138 Å². The van der Waals surface area contributed by atoms with Gasteiger partial charge in [0.1, 0.15) is 0 Å². The normalized spacial score (nSPS) is 10.9. The van der Waals surface area contributed by atoms with E-state index in [2.05, 4.69) is 4.99 Å². The second-order valence-electron chi connectivity index (χ2n) is 5.15. The van der Waals surface area contributed by atoms with E-state index in [1.165, 1.54) is 12.3 Å². The van der Waals surface area contributed by atoms with Crippen LogP contribution < -0.4 is 4.90 Å². The van der Waals surface area contributed by atoms with E-state index in [4.69, 9.17) is 11.6 Å². The summed E-state index contributed by atoms with van der Waals surface area (Å²) in [5.74, 6) is -0.439. The summed E-state index contributed by atoms with van der Waals surface area (Å²) in [7, 11) is 3.92. The molecule has 0 amide bonds. The Morgan fingerprint density at radius 1 is 1.30 bits per heavy atom. The van der Waals surface area contributed by atoms with E-state index >= 15 is 0 Å². The monoisotopic (exact) mass is 333 g/mol. The van der Waals surface area contributed by atoms with Crippen LogP contribution in [0, 0.1) is 10.1 Å². The van der Waals surface area contributed by atoms with Crippen LogP contribution in [0.3, 0.4) is 0 Å². The van der Waals surface area contributed by atoms with Crippen molar-refractivity contribution in [1.82, 2.24) is 0 Å². The van der Waals surface area contributed by atoms with E-state index < -0.39 is 16.4 Å². The first kappa shape index (κ1) is 16.8. The molecule has 0 saturated heterocycles. The van der Waals surface area contributed by atoms with Crippen LogP contribution in [0.25, 0.3) is 0 Å². The van der Waals surface area contributed by atoms with E-state index in [-0.39, 0.29) is 10.6 Å². The molecule has 0 aliphatic heterocycles. The Kier molecular flexibility index (Phi) is 5.18. The van der Waals surface area contributed by atoms with Crippen LogP contribution in [0.2, 0.25) is 5.02 Å². The van der Waals surface area contributed by atoms with Gasteiger partial charge in [-0.15, -0.1) is 0 Å². The molecule has 2 aromatic rings. The maximum absolute atomic E-state index is 10.8. The molecule has 0 radical (unpaired) electrons. The number of anilines is 1. The third kappa shape index (κ3) is 4.20. The molecule has 120 valence electrons. The van der Waals surface area contributed by atoms with E-state index in [1.807, 2.05) is 43.3 Å². The second kappa shape index (κ2) is 7.11. The number of aromatic hydroxyl groups is 1. The average Bonchev–Trinajstić information content (AvgIpc) is 2.50. The predicted molar refractivity (Wildman–Crippen MR) is 91.8 cm³/mol. The quantitative estimate of drug-likeness (QED) is 0.514. The van der Waals surface area contributed by atoms with Gasteiger partial charge in [-0.1, -0.05) is 23.7 Å². The SMILES string of the molecule is CN(C)c1ccc(CN=Cc2cc(Cl)cc([N+](=O)[O-])c2O)cc1. The summed E-state index contributed by atoms with van der Waals surface area (Å²) in [6.07, 6.45) is 1.38. The Morgan fingerprint density at radius 2 is 1.96 bits per heavy atom. The van der Waals surface area contributed by atoms with Gasteiger partial charge >= 0.3 is 5.69 Å². The van der Waals surface area contributed by atoms with Crippen LogP contribution in [0.15, 0.2) is 41.4 Å². The molecule has 2 aromatic carbocycles. The van der Waals surface area contributed by atoms with Crippen LogP contribution in [0.4, 0.5) is 11.4 Å². The number of phenols is 1. The van der Waals surface area contributed by atoms with Gasteiger partial charge < -0.3 is 10.0 Å². The molecule has 23 heavy (non-hydrogen) atoms. The summed E-state index contributed by atoms with van der Waals surface area (Å²) in [6.45, 7) is 0.396. The molecule has 0 bridgehead atoms. The minimum absolute atomic E-state index is 0.172. The number of rotatable bonds is 5. The minimum Gasteiger partial charge on any atom is -0.502 e. The standard InChI is InChI=1S/C16H16ClN3O3/c1-19(2)14-5-3-11(4-6-14)9-18-10-12-7-13(17)8-15(16(12)21)20(22)23/h3-8,10,21H,9H2,1-2H3. The van der Waals surface area contributed by atoms with Crippen molar-refractivity contribution in [3.63, 3.8) is 0 Å². The van der Waals surface area contributed by atoms with Gasteiger partial charge in [-0.3, -0.25) is 15.1 Å². The lowest BCUT2D eigenvalue weighted by atomic mass is 10.2. The smallest absolute Gasteiger partial charge is 0.312 e. The molecule has 0 aliphatic carbocycles. The Morgan fingerprint density at radius 3 is 2.52 bits per heavy atom. The number of hydrogen-bond acceptors (Lipinski definition) is 5. The number of phenolic OH excluding ortho intramolecular Hbond substituents is 1. The van der Waals surface area contributed by atoms with Crippen molar-refractivity contribution in [2.75, 3.05) is 19.0 Å². The fourth-order valence-corrected chi connectivity index (χ4v) is 2.21. The van der Waals surface area contributed by atoms with Gasteiger partial charge in [0, 0.05) is 42.6 Å². The van der Waals surface area contributed by atoms with Gasteiger partial charge in [0.25, 0.3) is 0 Å². The topological polar surface area (TPSA) is 79.0 Å².